The van der Waals surface area contributed by atoms with E-state index < -0.39 is 67.4 Å². The molecule has 1 rings (SSSR count). The van der Waals surface area contributed by atoms with Gasteiger partial charge < -0.3 is 45.1 Å². The second-order valence-electron chi connectivity index (χ2n) is 24.6. The molecule has 0 spiro atoms. The summed E-state index contributed by atoms with van der Waals surface area (Å²) in [6.07, 6.45) is 69.4. The van der Waals surface area contributed by atoms with Gasteiger partial charge in [0.2, 0.25) is 5.91 Å². The van der Waals surface area contributed by atoms with E-state index in [4.69, 9.17) is 14.2 Å². The highest BCUT2D eigenvalue weighted by molar-refractivity contribution is 5.80. The average Bonchev–Trinajstić information content (AvgIpc) is 3.22. The smallest absolute Gasteiger partial charge is 0.306 e. The fourth-order valence-electron chi connectivity index (χ4n) is 11.0. The van der Waals surface area contributed by atoms with Gasteiger partial charge in [0.1, 0.15) is 24.4 Å². The van der Waals surface area contributed by atoms with Crippen molar-refractivity contribution in [3.05, 3.63) is 72.9 Å². The van der Waals surface area contributed by atoms with Crippen molar-refractivity contribution in [1.29, 1.82) is 0 Å². The second kappa shape index (κ2) is 61.3. The van der Waals surface area contributed by atoms with Crippen LogP contribution in [0.3, 0.4) is 0 Å². The first kappa shape index (κ1) is 80.1. The van der Waals surface area contributed by atoms with Gasteiger partial charge in [-0.15, -0.1) is 0 Å². The van der Waals surface area contributed by atoms with Crippen LogP contribution in [0, 0.1) is 0 Å². The Hall–Kier alpha value is -2.90. The number of carbonyl (C=O) groups is 2. The first-order valence-corrected chi connectivity index (χ1v) is 35.7. The Balaban J connectivity index is 2.58. The third-order valence-electron chi connectivity index (χ3n) is 16.6. The lowest BCUT2D eigenvalue weighted by Crippen LogP contribution is -2.61. The molecule has 1 saturated heterocycles. The fraction of sp³-hybridized carbons (Fsp3) is 0.811. The van der Waals surface area contributed by atoms with Crippen LogP contribution in [0.2, 0.25) is 0 Å². The molecule has 11 nitrogen and oxygen atoms in total. The zero-order valence-electron chi connectivity index (χ0n) is 55.0. The molecular weight excluding hydrogens is 1060 g/mol. The summed E-state index contributed by atoms with van der Waals surface area (Å²) in [7, 11) is 0. The molecular formula is C74H133NO10. The van der Waals surface area contributed by atoms with E-state index in [1.54, 1.807) is 6.08 Å². The molecule has 1 heterocycles. The normalized spacial score (nSPS) is 18.8. The van der Waals surface area contributed by atoms with Crippen LogP contribution in [0.25, 0.3) is 0 Å². The Morgan fingerprint density at radius 2 is 0.847 bits per heavy atom. The highest BCUT2D eigenvalue weighted by Crippen LogP contribution is 2.26. The van der Waals surface area contributed by atoms with Gasteiger partial charge in [0.15, 0.2) is 12.4 Å². The Kier molecular flexibility index (Phi) is 57.8. The molecule has 1 fully saturated rings. The monoisotopic (exact) mass is 1200 g/mol. The van der Waals surface area contributed by atoms with Crippen molar-refractivity contribution in [1.82, 2.24) is 5.32 Å². The first-order valence-electron chi connectivity index (χ1n) is 35.7. The topological polar surface area (TPSA) is 175 Å². The minimum atomic E-state index is -1.61. The molecule has 0 aromatic carbocycles. The van der Waals surface area contributed by atoms with Crippen LogP contribution >= 0.6 is 0 Å². The van der Waals surface area contributed by atoms with E-state index in [0.29, 0.717) is 12.8 Å². The standard InChI is InChI=1S/C74H133NO10/c1-4-7-10-13-16-19-22-25-27-29-30-31-32-33-34-35-36-37-39-40-43-46-49-52-55-58-61-67(78)73(82)75-65(66(77)60-57-54-51-48-45-42-24-21-18-15-12-9-6-3)64-83-74-72(71(81)70(80)68(63-76)84-74)85-69(79)62-59-56-53-50-47-44-41-38-28-26-23-20-17-14-11-8-5-2/h7,10,16,19,25,27,30-31,33-34,57,60,65-68,70-72,74,76-78,80-81H,4-6,8-9,11-15,17-18,20-24,26,28-29,32,35-56,58-59,61-64H2,1-3H3,(H,75,82)/b10-7-,19-16-,27-25-,31-30-,34-33-,60-57+. The van der Waals surface area contributed by atoms with Gasteiger partial charge in [-0.05, 0) is 70.6 Å². The van der Waals surface area contributed by atoms with Gasteiger partial charge in [-0.1, -0.05) is 318 Å². The van der Waals surface area contributed by atoms with Crippen LogP contribution in [0.1, 0.15) is 323 Å². The van der Waals surface area contributed by atoms with E-state index >= 15 is 0 Å². The summed E-state index contributed by atoms with van der Waals surface area (Å²) >= 11 is 0. The molecule has 0 aliphatic carbocycles. The summed E-state index contributed by atoms with van der Waals surface area (Å²) in [5.74, 6) is -1.19. The van der Waals surface area contributed by atoms with Gasteiger partial charge in [0, 0.05) is 6.42 Å². The number of nitrogens with one attached hydrogen (secondary N) is 1. The summed E-state index contributed by atoms with van der Waals surface area (Å²) in [5, 5.41) is 57.3. The molecule has 85 heavy (non-hydrogen) atoms. The highest BCUT2D eigenvalue weighted by Gasteiger charge is 2.47. The molecule has 1 aliphatic heterocycles. The minimum absolute atomic E-state index is 0.126. The number of carbonyl (C=O) groups excluding carboxylic acids is 2. The van der Waals surface area contributed by atoms with Gasteiger partial charge in [0.25, 0.3) is 0 Å². The number of allylic oxidation sites excluding steroid dienone is 11. The maximum Gasteiger partial charge on any atom is 0.306 e. The van der Waals surface area contributed by atoms with Crippen molar-refractivity contribution in [2.75, 3.05) is 13.2 Å². The van der Waals surface area contributed by atoms with Gasteiger partial charge >= 0.3 is 5.97 Å². The molecule has 1 amide bonds. The molecule has 1 aliphatic rings. The summed E-state index contributed by atoms with van der Waals surface area (Å²) in [4.78, 5) is 26.7. The van der Waals surface area contributed by atoms with Crippen LogP contribution < -0.4 is 5.32 Å². The van der Waals surface area contributed by atoms with Crippen LogP contribution in [-0.2, 0) is 23.8 Å². The summed E-state index contributed by atoms with van der Waals surface area (Å²) in [5.41, 5.74) is 0. The van der Waals surface area contributed by atoms with Crippen molar-refractivity contribution < 1.29 is 49.3 Å². The Morgan fingerprint density at radius 3 is 1.27 bits per heavy atom. The van der Waals surface area contributed by atoms with E-state index in [1.165, 1.54) is 180 Å². The van der Waals surface area contributed by atoms with E-state index in [1.807, 2.05) is 6.08 Å². The predicted octanol–water partition coefficient (Wildman–Crippen LogP) is 18.3. The number of aliphatic hydroxyl groups excluding tert-OH is 5. The quantitative estimate of drug-likeness (QED) is 0.0195. The van der Waals surface area contributed by atoms with Crippen LogP contribution in [0.4, 0.5) is 0 Å². The maximum atomic E-state index is 13.5. The Bertz CT molecular complexity index is 1660. The number of unbranched alkanes of at least 4 members (excludes halogenated alkanes) is 37. The third kappa shape index (κ3) is 48.7. The number of amides is 1. The van der Waals surface area contributed by atoms with Crippen LogP contribution in [0.15, 0.2) is 72.9 Å². The molecule has 0 radical (unpaired) electrons. The molecule has 8 atom stereocenters. The summed E-state index contributed by atoms with van der Waals surface area (Å²) < 4.78 is 17.7. The van der Waals surface area contributed by atoms with Crippen molar-refractivity contribution in [3.8, 4) is 0 Å². The van der Waals surface area contributed by atoms with Gasteiger partial charge in [-0.2, -0.15) is 0 Å². The van der Waals surface area contributed by atoms with Gasteiger partial charge in [0.05, 0.1) is 25.4 Å². The lowest BCUT2D eigenvalue weighted by atomic mass is 9.99. The molecule has 494 valence electrons. The molecule has 11 heteroatoms. The molecule has 0 aromatic rings. The summed E-state index contributed by atoms with van der Waals surface area (Å²) in [6.45, 7) is 5.72. The Labute approximate surface area is 521 Å². The predicted molar refractivity (Wildman–Crippen MR) is 356 cm³/mol. The summed E-state index contributed by atoms with van der Waals surface area (Å²) in [6, 6.07) is -1.03. The SMILES string of the molecule is CC/C=C\C/C=C\C/C=C\C/C=C\C/C=C\CCCCCCCCCCCCC(O)C(=O)NC(COC1OC(CO)C(O)C(O)C1OC(=O)CCCCCCCCCCCCCCCCCCC)C(O)/C=C/CCCCCCCCCCCCC. The van der Waals surface area contributed by atoms with Crippen LogP contribution in [0.5, 0.6) is 0 Å². The molecule has 0 aromatic heterocycles. The van der Waals surface area contributed by atoms with Crippen molar-refractivity contribution in [2.24, 2.45) is 0 Å². The first-order chi connectivity index (χ1) is 41.7. The number of hydrogen-bond acceptors (Lipinski definition) is 10. The number of aliphatic hydroxyl groups is 5. The second-order valence-corrected chi connectivity index (χ2v) is 24.6. The minimum Gasteiger partial charge on any atom is -0.454 e. The van der Waals surface area contributed by atoms with Crippen molar-refractivity contribution >= 4 is 11.9 Å². The lowest BCUT2D eigenvalue weighted by Gasteiger charge is -2.41. The average molecular weight is 1200 g/mol. The molecule has 0 saturated carbocycles. The van der Waals surface area contributed by atoms with Crippen molar-refractivity contribution in [3.63, 3.8) is 0 Å². The zero-order chi connectivity index (χ0) is 61.7. The van der Waals surface area contributed by atoms with Gasteiger partial charge in [-0.3, -0.25) is 9.59 Å². The maximum absolute atomic E-state index is 13.5. The van der Waals surface area contributed by atoms with E-state index in [2.05, 4.69) is 86.8 Å². The number of esters is 1. The van der Waals surface area contributed by atoms with E-state index in [0.717, 1.165) is 96.3 Å². The number of rotatable bonds is 61. The zero-order valence-corrected chi connectivity index (χ0v) is 55.0. The number of ether oxygens (including phenoxy) is 3. The fourth-order valence-corrected chi connectivity index (χ4v) is 11.0. The molecule has 0 bridgehead atoms. The molecule has 8 unspecified atom stereocenters. The molecule has 6 N–H and O–H groups in total. The van der Waals surface area contributed by atoms with Crippen LogP contribution in [-0.4, -0.2) is 99.6 Å². The highest BCUT2D eigenvalue weighted by atomic mass is 16.7. The number of hydrogen-bond donors (Lipinski definition) is 6. The lowest BCUT2D eigenvalue weighted by molar-refractivity contribution is -0.305. The van der Waals surface area contributed by atoms with Gasteiger partial charge in [-0.25, -0.2) is 0 Å². The van der Waals surface area contributed by atoms with E-state index in [9.17, 15) is 35.1 Å². The Morgan fingerprint density at radius 1 is 0.471 bits per heavy atom. The van der Waals surface area contributed by atoms with Crippen molar-refractivity contribution in [2.45, 2.75) is 372 Å². The van der Waals surface area contributed by atoms with E-state index in [-0.39, 0.29) is 19.4 Å². The third-order valence-corrected chi connectivity index (χ3v) is 16.6. The largest absolute Gasteiger partial charge is 0.454 e.